The maximum absolute atomic E-state index is 13.4. The lowest BCUT2D eigenvalue weighted by Gasteiger charge is -2.19. The Morgan fingerprint density at radius 2 is 1.73 bits per heavy atom. The number of hydroxylamine groups is 1. The van der Waals surface area contributed by atoms with Gasteiger partial charge in [-0.3, -0.25) is 24.5 Å². The van der Waals surface area contributed by atoms with Crippen LogP contribution in [0.3, 0.4) is 0 Å². The zero-order chi connectivity index (χ0) is 27.5. The van der Waals surface area contributed by atoms with Gasteiger partial charge >= 0.3 is 6.18 Å². The highest BCUT2D eigenvalue weighted by atomic mass is 32.2. The summed E-state index contributed by atoms with van der Waals surface area (Å²) >= 11 is 0. The predicted octanol–water partition coefficient (Wildman–Crippen LogP) is 3.62. The Morgan fingerprint density at radius 3 is 2.30 bits per heavy atom. The van der Waals surface area contributed by atoms with Crippen LogP contribution in [0.5, 0.6) is 0 Å². The predicted molar refractivity (Wildman–Crippen MR) is 132 cm³/mol. The molecular formula is C25H24F3N3O5S. The molecule has 3 rings (SSSR count). The van der Waals surface area contributed by atoms with Crippen molar-refractivity contribution in [2.24, 2.45) is 0 Å². The highest BCUT2D eigenvalue weighted by molar-refractivity contribution is 7.90. The largest absolute Gasteiger partial charge is 0.416 e. The van der Waals surface area contributed by atoms with Gasteiger partial charge < -0.3 is 5.32 Å². The number of benzene rings is 2. The summed E-state index contributed by atoms with van der Waals surface area (Å²) in [6, 6.07) is 11.3. The zero-order valence-electron chi connectivity index (χ0n) is 20.1. The van der Waals surface area contributed by atoms with Crippen LogP contribution in [0.25, 0.3) is 11.4 Å². The van der Waals surface area contributed by atoms with Crippen LogP contribution >= 0.6 is 0 Å². The molecule has 0 saturated heterocycles. The summed E-state index contributed by atoms with van der Waals surface area (Å²) in [5, 5.41) is 2.58. The van der Waals surface area contributed by atoms with Gasteiger partial charge in [0.2, 0.25) is 0 Å². The minimum absolute atomic E-state index is 0.0354. The van der Waals surface area contributed by atoms with Crippen LogP contribution in [-0.2, 0) is 27.4 Å². The van der Waals surface area contributed by atoms with E-state index in [1.807, 2.05) is 0 Å². The molecule has 8 nitrogen and oxygen atoms in total. The molecule has 12 heteroatoms. The highest BCUT2D eigenvalue weighted by Gasteiger charge is 2.31. The van der Waals surface area contributed by atoms with Crippen molar-refractivity contribution in [3.63, 3.8) is 0 Å². The van der Waals surface area contributed by atoms with Gasteiger partial charge in [-0.25, -0.2) is 8.42 Å². The van der Waals surface area contributed by atoms with Gasteiger partial charge in [0, 0.05) is 29.7 Å². The monoisotopic (exact) mass is 535 g/mol. The molecule has 0 atom stereocenters. The first kappa shape index (κ1) is 27.7. The Bertz CT molecular complexity index is 1510. The van der Waals surface area contributed by atoms with Crippen molar-refractivity contribution >= 4 is 21.4 Å². The normalized spacial score (nSPS) is 11.7. The molecule has 37 heavy (non-hydrogen) atoms. The molecule has 0 saturated carbocycles. The van der Waals surface area contributed by atoms with E-state index < -0.39 is 33.0 Å². The number of aromatic nitrogens is 1. The minimum atomic E-state index is -4.64. The van der Waals surface area contributed by atoms with Crippen LogP contribution in [0.1, 0.15) is 32.7 Å². The summed E-state index contributed by atoms with van der Waals surface area (Å²) in [5.41, 5.74) is 1.51. The molecule has 0 fully saturated rings. The van der Waals surface area contributed by atoms with Gasteiger partial charge in [0.25, 0.3) is 11.5 Å². The first-order valence-electron chi connectivity index (χ1n) is 10.7. The fourth-order valence-corrected chi connectivity index (χ4v) is 4.24. The summed E-state index contributed by atoms with van der Waals surface area (Å²) < 4.78 is 64.2. The summed E-state index contributed by atoms with van der Waals surface area (Å²) in [7, 11) is -2.07. The molecule has 0 radical (unpaired) electrons. The molecule has 196 valence electrons. The third kappa shape index (κ3) is 6.27. The standard InChI is InChI=1S/C25H24F3N3O5S/c1-15(30-36-3)21-13-22(23(32)29-14-17-8-10-20(11-9-17)37(4,34)35)24(33)31(16(21)2)19-7-5-6-18(12-19)25(26,27)28/h5-13,30H,1,14H2,2-4H3,(H,29,32). The van der Waals surface area contributed by atoms with Crippen molar-refractivity contribution in [2.75, 3.05) is 13.4 Å². The number of halogens is 3. The number of carbonyl (C=O) groups excluding carboxylic acids is 1. The molecule has 0 spiro atoms. The van der Waals surface area contributed by atoms with Crippen molar-refractivity contribution in [3.05, 3.63) is 99.5 Å². The van der Waals surface area contributed by atoms with Crippen LogP contribution in [0.2, 0.25) is 0 Å². The zero-order valence-corrected chi connectivity index (χ0v) is 21.0. The molecule has 0 aliphatic carbocycles. The Kier molecular flexibility index (Phi) is 7.94. The van der Waals surface area contributed by atoms with Crippen molar-refractivity contribution in [3.8, 4) is 5.69 Å². The van der Waals surface area contributed by atoms with Crippen molar-refractivity contribution in [1.82, 2.24) is 15.4 Å². The average molecular weight is 536 g/mol. The van der Waals surface area contributed by atoms with E-state index in [9.17, 15) is 31.2 Å². The lowest BCUT2D eigenvalue weighted by atomic mass is 10.1. The molecule has 2 aromatic carbocycles. The van der Waals surface area contributed by atoms with E-state index in [-0.39, 0.29) is 39.6 Å². The number of rotatable bonds is 8. The number of nitrogens with one attached hydrogen (secondary N) is 2. The molecule has 0 aliphatic rings. The number of alkyl halides is 3. The molecule has 3 aromatic rings. The van der Waals surface area contributed by atoms with Gasteiger partial charge in [0.15, 0.2) is 9.84 Å². The van der Waals surface area contributed by atoms with E-state index in [1.165, 1.54) is 56.5 Å². The third-order valence-corrected chi connectivity index (χ3v) is 6.61. The van der Waals surface area contributed by atoms with E-state index in [0.29, 0.717) is 5.56 Å². The molecule has 2 N–H and O–H groups in total. The van der Waals surface area contributed by atoms with E-state index in [0.717, 1.165) is 23.0 Å². The molecule has 0 unspecified atom stereocenters. The number of hydrogen-bond acceptors (Lipinski definition) is 6. The van der Waals surface area contributed by atoms with Gasteiger partial charge in [-0.1, -0.05) is 24.8 Å². The Labute approximate surface area is 211 Å². The molecule has 0 aliphatic heterocycles. The second-order valence-corrected chi connectivity index (χ2v) is 10.1. The summed E-state index contributed by atoms with van der Waals surface area (Å²) in [6.45, 7) is 5.28. The molecule has 1 aromatic heterocycles. The van der Waals surface area contributed by atoms with Gasteiger partial charge in [-0.2, -0.15) is 13.2 Å². The number of carbonyl (C=O) groups is 1. The van der Waals surface area contributed by atoms with Crippen molar-refractivity contribution < 1.29 is 31.2 Å². The van der Waals surface area contributed by atoms with Crippen LogP contribution in [-0.4, -0.2) is 32.3 Å². The molecular weight excluding hydrogens is 511 g/mol. The van der Waals surface area contributed by atoms with Crippen LogP contribution in [0.4, 0.5) is 13.2 Å². The molecule has 0 bridgehead atoms. The lowest BCUT2D eigenvalue weighted by molar-refractivity contribution is -0.137. The lowest BCUT2D eigenvalue weighted by Crippen LogP contribution is -2.34. The smallest absolute Gasteiger partial charge is 0.348 e. The quantitative estimate of drug-likeness (QED) is 0.427. The number of sulfone groups is 1. The summed E-state index contributed by atoms with van der Waals surface area (Å²) in [4.78, 5) is 31.4. The third-order valence-electron chi connectivity index (χ3n) is 5.48. The van der Waals surface area contributed by atoms with Crippen molar-refractivity contribution in [2.45, 2.75) is 24.5 Å². The maximum Gasteiger partial charge on any atom is 0.416 e. The number of amides is 1. The highest BCUT2D eigenvalue weighted by Crippen LogP contribution is 2.30. The number of hydrogen-bond donors (Lipinski definition) is 2. The molecule has 1 amide bonds. The fourth-order valence-electron chi connectivity index (χ4n) is 3.61. The fraction of sp³-hybridized carbons (Fsp3) is 0.200. The van der Waals surface area contributed by atoms with Crippen LogP contribution < -0.4 is 16.4 Å². The first-order valence-corrected chi connectivity index (χ1v) is 12.6. The van der Waals surface area contributed by atoms with Gasteiger partial charge in [-0.05, 0) is 48.9 Å². The van der Waals surface area contributed by atoms with Crippen molar-refractivity contribution in [1.29, 1.82) is 0 Å². The Morgan fingerprint density at radius 1 is 1.08 bits per heavy atom. The topological polar surface area (TPSA) is 106 Å². The van der Waals surface area contributed by atoms with E-state index in [4.69, 9.17) is 4.84 Å². The second kappa shape index (κ2) is 10.6. The van der Waals surface area contributed by atoms with E-state index in [1.54, 1.807) is 0 Å². The van der Waals surface area contributed by atoms with Gasteiger partial charge in [0.1, 0.15) is 5.56 Å². The van der Waals surface area contributed by atoms with Crippen LogP contribution in [0, 0.1) is 6.92 Å². The first-order chi connectivity index (χ1) is 17.2. The maximum atomic E-state index is 13.4. The SMILES string of the molecule is C=C(NOC)c1cc(C(=O)NCc2ccc(S(C)(=O)=O)cc2)c(=O)n(-c2cccc(C(F)(F)F)c2)c1C. The van der Waals surface area contributed by atoms with Gasteiger partial charge in [-0.15, -0.1) is 0 Å². The van der Waals surface area contributed by atoms with Gasteiger partial charge in [0.05, 0.1) is 23.3 Å². The minimum Gasteiger partial charge on any atom is -0.348 e. The number of pyridine rings is 1. The second-order valence-electron chi connectivity index (χ2n) is 8.13. The van der Waals surface area contributed by atoms with E-state index >= 15 is 0 Å². The average Bonchev–Trinajstić information content (AvgIpc) is 2.82. The molecule has 1 heterocycles. The summed E-state index contributed by atoms with van der Waals surface area (Å²) in [6.07, 6.45) is -3.57. The van der Waals surface area contributed by atoms with E-state index in [2.05, 4.69) is 17.4 Å². The van der Waals surface area contributed by atoms with Crippen LogP contribution in [0.15, 0.2) is 70.9 Å². The Balaban J connectivity index is 2.05. The summed E-state index contributed by atoms with van der Waals surface area (Å²) in [5.74, 6) is -0.788. The number of nitrogens with zero attached hydrogens (tertiary/aromatic N) is 1. The Hall–Kier alpha value is -3.90.